The molecule has 94 valence electrons. The molecule has 0 bridgehead atoms. The van der Waals surface area contributed by atoms with Gasteiger partial charge in [-0.05, 0) is 24.8 Å². The minimum Gasteiger partial charge on any atom is -0.0917 e. The molecule has 0 saturated heterocycles. The lowest BCUT2D eigenvalue weighted by Gasteiger charge is -2.32. The summed E-state index contributed by atoms with van der Waals surface area (Å²) in [6.07, 6.45) is 5.96. The number of allylic oxidation sites excluding steroid dienone is 2. The molecule has 0 unspecified atom stereocenters. The second kappa shape index (κ2) is 6.20. The highest BCUT2D eigenvalue weighted by Crippen LogP contribution is 2.30. The molecule has 1 aromatic carbocycles. The van der Waals surface area contributed by atoms with Crippen molar-refractivity contribution < 1.29 is 0 Å². The van der Waals surface area contributed by atoms with E-state index >= 15 is 0 Å². The minimum absolute atomic E-state index is 0.745. The molecule has 17 heavy (non-hydrogen) atoms. The van der Waals surface area contributed by atoms with Gasteiger partial charge in [0.1, 0.15) is 0 Å². The van der Waals surface area contributed by atoms with Crippen LogP contribution in [0.25, 0.3) is 0 Å². The van der Waals surface area contributed by atoms with Gasteiger partial charge in [-0.1, -0.05) is 74.6 Å². The Labute approximate surface area is 108 Å². The normalized spacial score (nSPS) is 14.5. The summed E-state index contributed by atoms with van der Waals surface area (Å²) in [4.78, 5) is 0. The summed E-state index contributed by atoms with van der Waals surface area (Å²) in [5.74, 6) is 0.770. The molecule has 1 heteroatoms. The van der Waals surface area contributed by atoms with Crippen LogP contribution in [-0.4, -0.2) is 8.07 Å². The number of hydrogen-bond donors (Lipinski definition) is 0. The molecule has 0 nitrogen and oxygen atoms in total. The first-order chi connectivity index (χ1) is 7.98. The topological polar surface area (TPSA) is 0 Å². The number of rotatable bonds is 5. The van der Waals surface area contributed by atoms with E-state index in [4.69, 9.17) is 0 Å². The number of hydrogen-bond acceptors (Lipinski definition) is 0. The highest BCUT2D eigenvalue weighted by molar-refractivity contribution is 6.91. The van der Waals surface area contributed by atoms with Gasteiger partial charge in [-0.15, -0.1) is 0 Å². The Balaban J connectivity index is 2.99. The van der Waals surface area contributed by atoms with Crippen LogP contribution < -0.4 is 5.19 Å². The molecule has 0 amide bonds. The van der Waals surface area contributed by atoms with Crippen LogP contribution in [-0.2, 0) is 0 Å². The Morgan fingerprint density at radius 2 is 1.71 bits per heavy atom. The molecule has 0 aromatic heterocycles. The van der Waals surface area contributed by atoms with Crippen LogP contribution in [0.15, 0.2) is 42.5 Å². The standard InChI is InChI=1S/C16H26Si/c1-6-10-16(13-14(2)3)17(4,5)15-11-8-7-9-12-15/h6-12,14,16H,13H2,1-5H3/b10-6+/t16-/m1/s1. The first-order valence-corrected chi connectivity index (χ1v) is 9.74. The third-order valence-corrected chi connectivity index (χ3v) is 7.70. The molecule has 0 aliphatic rings. The van der Waals surface area contributed by atoms with E-state index in [0.717, 1.165) is 11.5 Å². The molecule has 0 saturated carbocycles. The van der Waals surface area contributed by atoms with Crippen LogP contribution in [0.4, 0.5) is 0 Å². The molecule has 0 radical (unpaired) electrons. The zero-order chi connectivity index (χ0) is 12.9. The van der Waals surface area contributed by atoms with Gasteiger partial charge in [0.05, 0.1) is 8.07 Å². The van der Waals surface area contributed by atoms with Gasteiger partial charge in [0, 0.05) is 0 Å². The predicted octanol–water partition coefficient (Wildman–Crippen LogP) is 4.59. The molecule has 0 aliphatic heterocycles. The van der Waals surface area contributed by atoms with E-state index in [0.29, 0.717) is 0 Å². The highest BCUT2D eigenvalue weighted by Gasteiger charge is 2.31. The molecule has 0 N–H and O–H groups in total. The third kappa shape index (κ3) is 3.85. The molecule has 0 heterocycles. The molecular formula is C16H26Si. The van der Waals surface area contributed by atoms with E-state index in [1.165, 1.54) is 6.42 Å². The van der Waals surface area contributed by atoms with Crippen molar-refractivity contribution in [3.05, 3.63) is 42.5 Å². The van der Waals surface area contributed by atoms with Crippen molar-refractivity contribution >= 4 is 13.3 Å². The Kier molecular flexibility index (Phi) is 5.19. The third-order valence-electron chi connectivity index (χ3n) is 3.59. The van der Waals surface area contributed by atoms with Crippen molar-refractivity contribution in [2.75, 3.05) is 0 Å². The van der Waals surface area contributed by atoms with Gasteiger partial charge in [0.25, 0.3) is 0 Å². The lowest BCUT2D eigenvalue weighted by Crippen LogP contribution is -2.45. The van der Waals surface area contributed by atoms with Crippen LogP contribution in [0, 0.1) is 5.92 Å². The summed E-state index contributed by atoms with van der Waals surface area (Å²) in [5.41, 5.74) is 0.745. The SMILES string of the molecule is C/C=C/[C@H](CC(C)C)[Si](C)(C)c1ccccc1. The van der Waals surface area contributed by atoms with Crippen LogP contribution >= 0.6 is 0 Å². The Morgan fingerprint density at radius 3 is 2.18 bits per heavy atom. The van der Waals surface area contributed by atoms with Crippen LogP contribution in [0.1, 0.15) is 27.2 Å². The summed E-state index contributed by atoms with van der Waals surface area (Å²) in [6.45, 7) is 11.8. The summed E-state index contributed by atoms with van der Waals surface area (Å²) >= 11 is 0. The lowest BCUT2D eigenvalue weighted by atomic mass is 10.1. The van der Waals surface area contributed by atoms with E-state index in [9.17, 15) is 0 Å². The highest BCUT2D eigenvalue weighted by atomic mass is 28.3. The predicted molar refractivity (Wildman–Crippen MR) is 81.6 cm³/mol. The molecule has 1 rings (SSSR count). The fourth-order valence-corrected chi connectivity index (χ4v) is 5.65. The van der Waals surface area contributed by atoms with Gasteiger partial charge in [0.15, 0.2) is 0 Å². The maximum Gasteiger partial charge on any atom is 0.0873 e. The van der Waals surface area contributed by atoms with Gasteiger partial charge in [0.2, 0.25) is 0 Å². The minimum atomic E-state index is -1.38. The summed E-state index contributed by atoms with van der Waals surface area (Å²) in [5, 5.41) is 1.57. The monoisotopic (exact) mass is 246 g/mol. The van der Waals surface area contributed by atoms with Crippen LogP contribution in [0.5, 0.6) is 0 Å². The average molecular weight is 246 g/mol. The maximum atomic E-state index is 2.50. The zero-order valence-electron chi connectivity index (χ0n) is 11.9. The first-order valence-electron chi connectivity index (χ1n) is 6.66. The fourth-order valence-electron chi connectivity index (χ4n) is 2.44. The van der Waals surface area contributed by atoms with E-state index in [2.05, 4.69) is 76.3 Å². The maximum absolute atomic E-state index is 2.50. The lowest BCUT2D eigenvalue weighted by molar-refractivity contribution is 0.586. The largest absolute Gasteiger partial charge is 0.0917 e. The molecule has 0 fully saturated rings. The van der Waals surface area contributed by atoms with Gasteiger partial charge in [-0.25, -0.2) is 0 Å². The second-order valence-electron chi connectivity index (χ2n) is 5.85. The Bertz CT molecular complexity index is 349. The molecule has 0 spiro atoms. The van der Waals surface area contributed by atoms with Gasteiger partial charge in [-0.2, -0.15) is 0 Å². The molecule has 1 atom stereocenters. The fraction of sp³-hybridized carbons (Fsp3) is 0.500. The number of benzene rings is 1. The summed E-state index contributed by atoms with van der Waals surface area (Å²) in [6, 6.07) is 11.1. The van der Waals surface area contributed by atoms with Crippen molar-refractivity contribution in [2.45, 2.75) is 45.8 Å². The van der Waals surface area contributed by atoms with E-state index in [1.807, 2.05) is 0 Å². The van der Waals surface area contributed by atoms with Crippen molar-refractivity contribution in [1.29, 1.82) is 0 Å². The Morgan fingerprint density at radius 1 is 1.12 bits per heavy atom. The van der Waals surface area contributed by atoms with Crippen molar-refractivity contribution in [3.8, 4) is 0 Å². The zero-order valence-corrected chi connectivity index (χ0v) is 12.9. The molecule has 0 aliphatic carbocycles. The van der Waals surface area contributed by atoms with Crippen molar-refractivity contribution in [2.24, 2.45) is 5.92 Å². The van der Waals surface area contributed by atoms with E-state index in [-0.39, 0.29) is 0 Å². The van der Waals surface area contributed by atoms with Gasteiger partial charge in [-0.3, -0.25) is 0 Å². The first kappa shape index (κ1) is 14.2. The molecular weight excluding hydrogens is 220 g/mol. The van der Waals surface area contributed by atoms with Crippen molar-refractivity contribution in [1.82, 2.24) is 0 Å². The van der Waals surface area contributed by atoms with Crippen LogP contribution in [0.2, 0.25) is 18.6 Å². The summed E-state index contributed by atoms with van der Waals surface area (Å²) in [7, 11) is -1.38. The van der Waals surface area contributed by atoms with Crippen LogP contribution in [0.3, 0.4) is 0 Å². The van der Waals surface area contributed by atoms with Gasteiger partial charge < -0.3 is 0 Å². The summed E-state index contributed by atoms with van der Waals surface area (Å²) < 4.78 is 0. The second-order valence-corrected chi connectivity index (χ2v) is 10.6. The van der Waals surface area contributed by atoms with Gasteiger partial charge >= 0.3 is 0 Å². The quantitative estimate of drug-likeness (QED) is 0.526. The van der Waals surface area contributed by atoms with E-state index in [1.54, 1.807) is 5.19 Å². The Hall–Kier alpha value is -0.823. The van der Waals surface area contributed by atoms with E-state index < -0.39 is 8.07 Å². The molecule has 1 aromatic rings. The smallest absolute Gasteiger partial charge is 0.0873 e. The van der Waals surface area contributed by atoms with Crippen molar-refractivity contribution in [3.63, 3.8) is 0 Å². The average Bonchev–Trinajstić information content (AvgIpc) is 2.29.